The molecule has 0 aromatic heterocycles. The van der Waals surface area contributed by atoms with Crippen molar-refractivity contribution in [2.45, 2.75) is 111 Å². The number of hydrogen-bond acceptors (Lipinski definition) is 0. The third kappa shape index (κ3) is 12.1. The summed E-state index contributed by atoms with van der Waals surface area (Å²) in [4.78, 5) is 0. The van der Waals surface area contributed by atoms with Gasteiger partial charge in [-0.05, 0) is 186 Å². The van der Waals surface area contributed by atoms with E-state index in [9.17, 15) is 0 Å². The third-order valence-corrected chi connectivity index (χ3v) is 13.8. The Kier molecular flexibility index (Phi) is 20.7. The summed E-state index contributed by atoms with van der Waals surface area (Å²) in [5, 5.41) is 21.7. The van der Waals surface area contributed by atoms with Gasteiger partial charge in [-0.1, -0.05) is 250 Å². The van der Waals surface area contributed by atoms with E-state index in [0.717, 1.165) is 0 Å². The maximum Gasteiger partial charge on any atom is -0.00735 e. The van der Waals surface area contributed by atoms with E-state index in [1.165, 1.54) is 131 Å². The van der Waals surface area contributed by atoms with Crippen molar-refractivity contribution in [2.75, 3.05) is 0 Å². The molecule has 0 amide bonds. The maximum atomic E-state index is 2.30. The van der Waals surface area contributed by atoms with Gasteiger partial charge in [-0.3, -0.25) is 0 Å². The summed E-state index contributed by atoms with van der Waals surface area (Å²) in [5.74, 6) is 0. The van der Waals surface area contributed by atoms with Crippen LogP contribution >= 0.6 is 0 Å². The van der Waals surface area contributed by atoms with Gasteiger partial charge in [-0.2, -0.15) is 0 Å². The second-order valence-corrected chi connectivity index (χ2v) is 17.6. The van der Waals surface area contributed by atoms with Gasteiger partial charge in [0.1, 0.15) is 0 Å². The van der Waals surface area contributed by atoms with Crippen LogP contribution in [0, 0.1) is 55.4 Å². The molecule has 0 spiro atoms. The first-order valence-electron chi connectivity index (χ1n) is 26.6. The highest BCUT2D eigenvalue weighted by Gasteiger charge is 2.08. The zero-order valence-electron chi connectivity index (χ0n) is 46.5. The zero-order valence-corrected chi connectivity index (χ0v) is 46.5. The lowest BCUT2D eigenvalue weighted by Gasteiger charge is -2.11. The summed E-state index contributed by atoms with van der Waals surface area (Å²) >= 11 is 0. The molecule has 12 aromatic rings. The van der Waals surface area contributed by atoms with Crippen LogP contribution in [0.25, 0.3) is 86.2 Å². The predicted octanol–water partition coefficient (Wildman–Crippen LogP) is 22.5. The minimum Gasteiger partial charge on any atom is -0.0683 e. The number of fused-ring (bicyclic) bond motifs is 12. The SMILES string of the molecule is CC.CC.CC.CC.Cc1c(C)c2ccccc2c2ccccc12.Cc1cc2ccc3ccccc3c2cc1C.Cc1ccc2c(ccc3ccccc32)c1C.Cc1ccc2ccc3ccccc3c2c1C. The topological polar surface area (TPSA) is 0 Å². The Bertz CT molecular complexity index is 3580. The quantitative estimate of drug-likeness (QED) is 0.133. The number of rotatable bonds is 0. The monoisotopic (exact) mass is 945 g/mol. The first-order valence-corrected chi connectivity index (χ1v) is 26.6. The molecule has 0 atom stereocenters. The Morgan fingerprint density at radius 3 is 1.01 bits per heavy atom. The van der Waals surface area contributed by atoms with E-state index in [1.54, 1.807) is 0 Å². The van der Waals surface area contributed by atoms with Crippen molar-refractivity contribution < 1.29 is 0 Å². The van der Waals surface area contributed by atoms with Crippen molar-refractivity contribution in [2.24, 2.45) is 0 Å². The van der Waals surface area contributed by atoms with Crippen LogP contribution in [-0.2, 0) is 0 Å². The Balaban J connectivity index is 0.000000170. The highest BCUT2D eigenvalue weighted by Crippen LogP contribution is 2.33. The van der Waals surface area contributed by atoms with Crippen molar-refractivity contribution in [3.8, 4) is 0 Å². The zero-order chi connectivity index (χ0) is 52.5. The van der Waals surface area contributed by atoms with Crippen LogP contribution in [0.3, 0.4) is 0 Å². The lowest BCUT2D eigenvalue weighted by Crippen LogP contribution is -1.87. The maximum absolute atomic E-state index is 2.30. The van der Waals surface area contributed by atoms with Gasteiger partial charge in [0.05, 0.1) is 0 Å². The van der Waals surface area contributed by atoms with Crippen LogP contribution in [0.2, 0.25) is 0 Å². The molecule has 0 aliphatic rings. The Labute approximate surface area is 433 Å². The van der Waals surface area contributed by atoms with Crippen molar-refractivity contribution in [3.05, 3.63) is 239 Å². The molecule has 0 radical (unpaired) electrons. The second kappa shape index (κ2) is 26.8. The fourth-order valence-electron chi connectivity index (χ4n) is 9.50. The lowest BCUT2D eigenvalue weighted by molar-refractivity contribution is 1.37. The van der Waals surface area contributed by atoms with Crippen LogP contribution < -0.4 is 0 Å². The van der Waals surface area contributed by atoms with E-state index in [4.69, 9.17) is 0 Å². The molecule has 0 fully saturated rings. The molecule has 0 unspecified atom stereocenters. The fraction of sp³-hybridized carbons (Fsp3) is 0.222. The summed E-state index contributed by atoms with van der Waals surface area (Å²) in [7, 11) is 0. The van der Waals surface area contributed by atoms with E-state index in [-0.39, 0.29) is 0 Å². The molecule has 72 heavy (non-hydrogen) atoms. The van der Waals surface area contributed by atoms with Crippen molar-refractivity contribution >= 4 is 86.2 Å². The normalized spacial score (nSPS) is 10.2. The molecule has 0 aliphatic carbocycles. The molecule has 0 saturated heterocycles. The molecule has 0 heteroatoms. The van der Waals surface area contributed by atoms with E-state index in [0.29, 0.717) is 0 Å². The minimum atomic E-state index is 1.32. The minimum absolute atomic E-state index is 1.32. The Morgan fingerprint density at radius 2 is 0.486 bits per heavy atom. The van der Waals surface area contributed by atoms with Crippen molar-refractivity contribution in [1.82, 2.24) is 0 Å². The summed E-state index contributed by atoms with van der Waals surface area (Å²) in [6.45, 7) is 33.5. The summed E-state index contributed by atoms with van der Waals surface area (Å²) in [5.41, 5.74) is 11.0. The van der Waals surface area contributed by atoms with Gasteiger partial charge in [0.25, 0.3) is 0 Å². The standard InChI is InChI=1S/4C16H14.4C2H6/c1-11-12(2)14-8-4-6-10-16(14)15-9-5-3-7-13(11)15;1-11-7-9-16-14(12(11)2)10-8-13-5-3-4-6-15(13)16;1-11-9-14-8-7-13-5-3-4-6-15(13)16(14)10-12(11)2;1-11-7-8-14-10-9-13-5-3-4-6-15(13)16(14)12(11)2;4*1-2/h4*3-10H,1-2H3;4*1-2H3. The summed E-state index contributed by atoms with van der Waals surface area (Å²) in [6, 6.07) is 69.8. The average Bonchev–Trinajstić information content (AvgIpc) is 3.45. The second-order valence-electron chi connectivity index (χ2n) is 17.6. The largest absolute Gasteiger partial charge is 0.0683 e. The smallest absolute Gasteiger partial charge is 0.00735 e. The third-order valence-electron chi connectivity index (χ3n) is 13.8. The summed E-state index contributed by atoms with van der Waals surface area (Å²) < 4.78 is 0. The van der Waals surface area contributed by atoms with E-state index in [1.807, 2.05) is 55.4 Å². The number of hydrogen-bond donors (Lipinski definition) is 0. The fourth-order valence-corrected chi connectivity index (χ4v) is 9.50. The van der Waals surface area contributed by atoms with Gasteiger partial charge in [-0.25, -0.2) is 0 Å². The molecular formula is C72H80. The van der Waals surface area contributed by atoms with Crippen LogP contribution in [0.1, 0.15) is 99.9 Å². The Hall–Kier alpha value is -7.28. The van der Waals surface area contributed by atoms with Gasteiger partial charge < -0.3 is 0 Å². The molecule has 0 heterocycles. The van der Waals surface area contributed by atoms with Gasteiger partial charge in [0, 0.05) is 0 Å². The molecule has 0 saturated carbocycles. The highest BCUT2D eigenvalue weighted by molar-refractivity contribution is 6.12. The van der Waals surface area contributed by atoms with Gasteiger partial charge in [-0.15, -0.1) is 0 Å². The van der Waals surface area contributed by atoms with Gasteiger partial charge >= 0.3 is 0 Å². The van der Waals surface area contributed by atoms with Crippen LogP contribution in [0.4, 0.5) is 0 Å². The van der Waals surface area contributed by atoms with Crippen molar-refractivity contribution in [3.63, 3.8) is 0 Å². The molecule has 0 nitrogen and oxygen atoms in total. The molecule has 12 rings (SSSR count). The lowest BCUT2D eigenvalue weighted by atomic mass is 9.93. The number of benzene rings is 12. The van der Waals surface area contributed by atoms with Crippen LogP contribution in [-0.4, -0.2) is 0 Å². The Morgan fingerprint density at radius 1 is 0.181 bits per heavy atom. The highest BCUT2D eigenvalue weighted by atomic mass is 14.1. The first-order chi connectivity index (χ1) is 35.1. The predicted molar refractivity (Wildman–Crippen MR) is 329 cm³/mol. The number of aryl methyl sites for hydroxylation is 8. The van der Waals surface area contributed by atoms with E-state index >= 15 is 0 Å². The first kappa shape index (κ1) is 55.6. The van der Waals surface area contributed by atoms with Crippen LogP contribution in [0.15, 0.2) is 194 Å². The molecule has 368 valence electrons. The molecule has 0 N–H and O–H groups in total. The van der Waals surface area contributed by atoms with Gasteiger partial charge in [0.15, 0.2) is 0 Å². The van der Waals surface area contributed by atoms with E-state index < -0.39 is 0 Å². The average molecular weight is 945 g/mol. The summed E-state index contributed by atoms with van der Waals surface area (Å²) in [6.07, 6.45) is 0. The molecule has 0 bridgehead atoms. The molecule has 12 aromatic carbocycles. The molecular weight excluding hydrogens is 865 g/mol. The van der Waals surface area contributed by atoms with Crippen LogP contribution in [0.5, 0.6) is 0 Å². The van der Waals surface area contributed by atoms with E-state index in [2.05, 4.69) is 250 Å². The molecule has 0 aliphatic heterocycles. The van der Waals surface area contributed by atoms with Crippen molar-refractivity contribution in [1.29, 1.82) is 0 Å². The van der Waals surface area contributed by atoms with Gasteiger partial charge in [0.2, 0.25) is 0 Å².